The Morgan fingerprint density at radius 1 is 0.969 bits per heavy atom. The summed E-state index contributed by atoms with van der Waals surface area (Å²) in [4.78, 5) is 15.4. The maximum atomic E-state index is 14.2. The zero-order chi connectivity index (χ0) is 22.2. The quantitative estimate of drug-likeness (QED) is 0.453. The van der Waals surface area contributed by atoms with E-state index < -0.39 is 16.6 Å². The number of carbonyl (C=O) groups is 1. The Kier molecular flexibility index (Phi) is 5.19. The Morgan fingerprint density at radius 3 is 2.44 bits per heavy atom. The summed E-state index contributed by atoms with van der Waals surface area (Å²) in [5.41, 5.74) is 4.31. The first-order valence-corrected chi connectivity index (χ1v) is 11.3. The van der Waals surface area contributed by atoms with Crippen LogP contribution in [0.4, 0.5) is 4.39 Å². The summed E-state index contributed by atoms with van der Waals surface area (Å²) >= 11 is 0. The van der Waals surface area contributed by atoms with Crippen molar-refractivity contribution >= 4 is 16.7 Å². The van der Waals surface area contributed by atoms with Gasteiger partial charge in [-0.15, -0.1) is 0 Å². The van der Waals surface area contributed by atoms with Crippen LogP contribution < -0.4 is 0 Å². The van der Waals surface area contributed by atoms with E-state index in [9.17, 15) is 13.4 Å². The average Bonchev–Trinajstić information content (AvgIpc) is 3.37. The maximum absolute atomic E-state index is 14.2. The SMILES string of the molecule is Cn1cc(-c2ccc(CN3Cc4cccc(S(=O)c5ccccc5F)c4C3=O)cc2)cn1. The molecule has 0 saturated carbocycles. The third-order valence-electron chi connectivity index (χ3n) is 5.58. The van der Waals surface area contributed by atoms with Crippen molar-refractivity contribution in [2.24, 2.45) is 7.05 Å². The summed E-state index contributed by atoms with van der Waals surface area (Å²) in [7, 11) is 0.102. The molecule has 32 heavy (non-hydrogen) atoms. The van der Waals surface area contributed by atoms with Gasteiger partial charge in [-0.25, -0.2) is 8.60 Å². The molecule has 5 rings (SSSR count). The maximum Gasteiger partial charge on any atom is 0.256 e. The zero-order valence-corrected chi connectivity index (χ0v) is 18.2. The fourth-order valence-corrected chi connectivity index (χ4v) is 5.27. The summed E-state index contributed by atoms with van der Waals surface area (Å²) in [6.45, 7) is 0.868. The summed E-state index contributed by atoms with van der Waals surface area (Å²) in [6.07, 6.45) is 3.76. The molecule has 7 heteroatoms. The first kappa shape index (κ1) is 20.3. The zero-order valence-electron chi connectivity index (χ0n) is 17.4. The molecule has 160 valence electrons. The number of halogens is 1. The van der Waals surface area contributed by atoms with E-state index in [1.54, 1.807) is 33.8 Å². The van der Waals surface area contributed by atoms with Crippen LogP contribution in [-0.2, 0) is 30.9 Å². The van der Waals surface area contributed by atoms with Crippen LogP contribution in [0, 0.1) is 5.82 Å². The van der Waals surface area contributed by atoms with Crippen molar-refractivity contribution in [1.82, 2.24) is 14.7 Å². The molecular formula is C25H20FN3O2S. The lowest BCUT2D eigenvalue weighted by Crippen LogP contribution is -2.23. The van der Waals surface area contributed by atoms with Gasteiger partial charge in [-0.3, -0.25) is 9.48 Å². The molecule has 3 aromatic carbocycles. The van der Waals surface area contributed by atoms with Gasteiger partial charge in [-0.2, -0.15) is 5.10 Å². The van der Waals surface area contributed by atoms with Gasteiger partial charge in [0.2, 0.25) is 0 Å². The first-order chi connectivity index (χ1) is 15.5. The highest BCUT2D eigenvalue weighted by molar-refractivity contribution is 7.85. The predicted octanol–water partition coefficient (Wildman–Crippen LogP) is 4.55. The van der Waals surface area contributed by atoms with Gasteiger partial charge < -0.3 is 4.90 Å². The van der Waals surface area contributed by atoms with Crippen molar-refractivity contribution in [3.63, 3.8) is 0 Å². The molecule has 5 nitrogen and oxygen atoms in total. The van der Waals surface area contributed by atoms with Crippen LogP contribution in [-0.4, -0.2) is 24.8 Å². The van der Waals surface area contributed by atoms with Crippen LogP contribution in [0.5, 0.6) is 0 Å². The van der Waals surface area contributed by atoms with Crippen LogP contribution >= 0.6 is 0 Å². The number of nitrogens with zero attached hydrogens (tertiary/aromatic N) is 3. The molecule has 0 bridgehead atoms. The number of amides is 1. The number of rotatable bonds is 5. The summed E-state index contributed by atoms with van der Waals surface area (Å²) in [5, 5.41) is 4.20. The third-order valence-corrected chi connectivity index (χ3v) is 7.05. The summed E-state index contributed by atoms with van der Waals surface area (Å²) in [6, 6.07) is 19.3. The predicted molar refractivity (Wildman–Crippen MR) is 120 cm³/mol. The van der Waals surface area contributed by atoms with Gasteiger partial charge in [-0.05, 0) is 34.9 Å². The topological polar surface area (TPSA) is 55.2 Å². The fraction of sp³-hybridized carbons (Fsp3) is 0.120. The lowest BCUT2D eigenvalue weighted by Gasteiger charge is -2.16. The Morgan fingerprint density at radius 2 is 1.72 bits per heavy atom. The molecule has 0 N–H and O–H groups in total. The van der Waals surface area contributed by atoms with E-state index >= 15 is 0 Å². The number of hydrogen-bond donors (Lipinski definition) is 0. The van der Waals surface area contributed by atoms with Crippen molar-refractivity contribution < 1.29 is 13.4 Å². The lowest BCUT2D eigenvalue weighted by molar-refractivity contribution is 0.0764. The van der Waals surface area contributed by atoms with E-state index in [1.807, 2.05) is 49.8 Å². The Bertz CT molecular complexity index is 1350. The van der Waals surface area contributed by atoms with Crippen LogP contribution in [0.25, 0.3) is 11.1 Å². The third kappa shape index (κ3) is 3.65. The van der Waals surface area contributed by atoms with Gasteiger partial charge in [0, 0.05) is 31.9 Å². The molecule has 0 fully saturated rings. The van der Waals surface area contributed by atoms with Gasteiger partial charge in [0.25, 0.3) is 5.91 Å². The molecule has 1 atom stereocenters. The molecule has 1 aliphatic rings. The van der Waals surface area contributed by atoms with E-state index in [2.05, 4.69) is 5.10 Å². The van der Waals surface area contributed by atoms with Crippen molar-refractivity contribution in [2.45, 2.75) is 22.9 Å². The Labute approximate surface area is 187 Å². The molecule has 4 aromatic rings. The van der Waals surface area contributed by atoms with Crippen LogP contribution in [0.2, 0.25) is 0 Å². The highest BCUT2D eigenvalue weighted by atomic mass is 32.2. The van der Waals surface area contributed by atoms with Gasteiger partial charge in [-0.1, -0.05) is 48.5 Å². The number of aromatic nitrogens is 2. The van der Waals surface area contributed by atoms with Crippen LogP contribution in [0.1, 0.15) is 21.5 Å². The average molecular weight is 446 g/mol. The first-order valence-electron chi connectivity index (χ1n) is 10.2. The molecule has 2 heterocycles. The van der Waals surface area contributed by atoms with E-state index in [0.29, 0.717) is 23.5 Å². The highest BCUT2D eigenvalue weighted by Crippen LogP contribution is 2.32. The molecule has 1 aromatic heterocycles. The smallest absolute Gasteiger partial charge is 0.256 e. The Hall–Kier alpha value is -3.58. The van der Waals surface area contributed by atoms with E-state index in [0.717, 1.165) is 22.3 Å². The second-order valence-corrected chi connectivity index (χ2v) is 9.17. The molecule has 0 saturated heterocycles. The standard InChI is InChI=1S/C25H20FN3O2S/c1-28-15-20(13-27-28)18-11-9-17(10-12-18)14-29-16-19-5-4-8-23(24(19)25(29)30)32(31)22-7-3-2-6-21(22)26/h2-13,15H,14,16H2,1H3. The molecule has 0 radical (unpaired) electrons. The fourth-order valence-electron chi connectivity index (χ4n) is 3.98. The monoisotopic (exact) mass is 445 g/mol. The highest BCUT2D eigenvalue weighted by Gasteiger charge is 2.32. The summed E-state index contributed by atoms with van der Waals surface area (Å²) in [5.74, 6) is -0.726. The second kappa shape index (κ2) is 8.16. The summed E-state index contributed by atoms with van der Waals surface area (Å²) < 4.78 is 29.1. The van der Waals surface area contributed by atoms with Gasteiger partial charge in [0.15, 0.2) is 0 Å². The number of hydrogen-bond acceptors (Lipinski definition) is 3. The van der Waals surface area contributed by atoms with Gasteiger partial charge in [0.1, 0.15) is 5.82 Å². The van der Waals surface area contributed by atoms with Crippen molar-refractivity contribution in [3.8, 4) is 11.1 Å². The molecule has 1 amide bonds. The Balaban J connectivity index is 1.39. The minimum atomic E-state index is -1.77. The van der Waals surface area contributed by atoms with Crippen LogP contribution in [0.15, 0.2) is 88.9 Å². The van der Waals surface area contributed by atoms with Crippen LogP contribution in [0.3, 0.4) is 0 Å². The number of carbonyl (C=O) groups excluding carboxylic acids is 1. The minimum absolute atomic E-state index is 0.0816. The number of benzene rings is 3. The second-order valence-electron chi connectivity index (χ2n) is 7.75. The van der Waals surface area contributed by atoms with E-state index in [-0.39, 0.29) is 10.8 Å². The van der Waals surface area contributed by atoms with Gasteiger partial charge in [0.05, 0.1) is 32.4 Å². The van der Waals surface area contributed by atoms with Crippen molar-refractivity contribution in [2.75, 3.05) is 0 Å². The molecule has 0 spiro atoms. The largest absolute Gasteiger partial charge is 0.330 e. The van der Waals surface area contributed by atoms with Crippen molar-refractivity contribution in [3.05, 3.63) is 102 Å². The van der Waals surface area contributed by atoms with Crippen molar-refractivity contribution in [1.29, 1.82) is 0 Å². The number of aryl methyl sites for hydroxylation is 1. The normalized spacial score (nSPS) is 13.9. The van der Waals surface area contributed by atoms with E-state index in [4.69, 9.17) is 0 Å². The number of fused-ring (bicyclic) bond motifs is 1. The molecule has 1 aliphatic heterocycles. The van der Waals surface area contributed by atoms with E-state index in [1.165, 1.54) is 12.1 Å². The lowest BCUT2D eigenvalue weighted by atomic mass is 10.1. The van der Waals surface area contributed by atoms with Gasteiger partial charge >= 0.3 is 0 Å². The minimum Gasteiger partial charge on any atom is -0.330 e. The molecule has 1 unspecified atom stereocenters. The molecule has 0 aliphatic carbocycles. The molecular weight excluding hydrogens is 425 g/mol.